The number of carbonyl (C=O) groups is 1. The van der Waals surface area contributed by atoms with Crippen molar-refractivity contribution in [1.82, 2.24) is 4.98 Å². The second kappa shape index (κ2) is 8.04. The van der Waals surface area contributed by atoms with E-state index in [1.54, 1.807) is 24.4 Å². The predicted octanol–water partition coefficient (Wildman–Crippen LogP) is 5.98. The van der Waals surface area contributed by atoms with Crippen LogP contribution in [0.2, 0.25) is 10.0 Å². The summed E-state index contributed by atoms with van der Waals surface area (Å²) in [5.41, 5.74) is 1.44. The highest BCUT2D eigenvalue weighted by Crippen LogP contribution is 2.31. The van der Waals surface area contributed by atoms with Gasteiger partial charge in [-0.3, -0.25) is 4.79 Å². The van der Waals surface area contributed by atoms with Crippen LogP contribution in [-0.2, 0) is 11.2 Å². The summed E-state index contributed by atoms with van der Waals surface area (Å²) in [7, 11) is 0. The number of nitrogens with one attached hydrogen (secondary N) is 1. The van der Waals surface area contributed by atoms with E-state index < -0.39 is 0 Å². The third kappa shape index (κ3) is 4.63. The average Bonchev–Trinajstić information content (AvgIpc) is 3.04. The van der Waals surface area contributed by atoms with Crippen molar-refractivity contribution in [2.45, 2.75) is 12.8 Å². The number of nitrogens with zero attached hydrogens (tertiary/aromatic N) is 1. The van der Waals surface area contributed by atoms with Crippen LogP contribution in [0.3, 0.4) is 0 Å². The van der Waals surface area contributed by atoms with Gasteiger partial charge in [0.2, 0.25) is 5.91 Å². The first kappa shape index (κ1) is 18.0. The molecule has 2 aromatic carbocycles. The minimum absolute atomic E-state index is 0.115. The van der Waals surface area contributed by atoms with Gasteiger partial charge in [-0.2, -0.15) is 0 Å². The number of para-hydroxylation sites is 1. The number of hydrogen-bond donors (Lipinski definition) is 1. The van der Waals surface area contributed by atoms with Crippen LogP contribution in [-0.4, -0.2) is 10.9 Å². The van der Waals surface area contributed by atoms with Gasteiger partial charge >= 0.3 is 0 Å². The quantitative estimate of drug-likeness (QED) is 0.531. The molecule has 0 saturated carbocycles. The van der Waals surface area contributed by atoms with Gasteiger partial charge in [-0.25, -0.2) is 4.98 Å². The van der Waals surface area contributed by atoms with Crippen LogP contribution < -0.4 is 5.32 Å². The summed E-state index contributed by atoms with van der Waals surface area (Å²) in [6.07, 6.45) is 2.24. The number of benzene rings is 2. The Morgan fingerprint density at radius 2 is 2.00 bits per heavy atom. The van der Waals surface area contributed by atoms with Crippen molar-refractivity contribution >= 4 is 50.7 Å². The molecule has 0 unspecified atom stereocenters. The Morgan fingerprint density at radius 1 is 1.20 bits per heavy atom. The third-order valence-corrected chi connectivity index (χ3v) is 4.70. The maximum atomic E-state index is 12.1. The second-order valence-electron chi connectivity index (χ2n) is 5.27. The van der Waals surface area contributed by atoms with E-state index in [9.17, 15) is 4.79 Å². The molecule has 1 N–H and O–H groups in total. The van der Waals surface area contributed by atoms with Crippen molar-refractivity contribution in [2.24, 2.45) is 0 Å². The first-order valence-electron chi connectivity index (χ1n) is 7.47. The zero-order valence-electron chi connectivity index (χ0n) is 12.9. The van der Waals surface area contributed by atoms with Crippen molar-refractivity contribution in [1.29, 1.82) is 0 Å². The van der Waals surface area contributed by atoms with Gasteiger partial charge in [0.15, 0.2) is 11.7 Å². The summed E-state index contributed by atoms with van der Waals surface area (Å²) in [6, 6.07) is 12.6. The van der Waals surface area contributed by atoms with Gasteiger partial charge in [0.25, 0.3) is 0 Å². The zero-order chi connectivity index (χ0) is 17.8. The second-order valence-corrected chi connectivity index (χ2v) is 6.97. The van der Waals surface area contributed by atoms with Crippen LogP contribution in [0.5, 0.6) is 0 Å². The van der Waals surface area contributed by atoms with Crippen LogP contribution in [0.4, 0.5) is 5.69 Å². The molecular formula is C18H13BrCl2N2O2. The number of aryl methyl sites for hydroxylation is 1. The molecule has 0 spiro atoms. The predicted molar refractivity (Wildman–Crippen MR) is 103 cm³/mol. The normalized spacial score (nSPS) is 10.7. The molecule has 3 aromatic rings. The van der Waals surface area contributed by atoms with E-state index in [0.29, 0.717) is 33.7 Å². The van der Waals surface area contributed by atoms with Gasteiger partial charge < -0.3 is 9.73 Å². The SMILES string of the molecule is O=C(CCc1ncc(-c2ccc(Cl)cc2Cl)o1)Nc1ccccc1Br. The Morgan fingerprint density at radius 3 is 2.76 bits per heavy atom. The molecule has 3 rings (SSSR count). The summed E-state index contributed by atoms with van der Waals surface area (Å²) in [5.74, 6) is 0.905. The van der Waals surface area contributed by atoms with Gasteiger partial charge in [0, 0.05) is 27.9 Å². The number of oxazole rings is 1. The van der Waals surface area contributed by atoms with Crippen LogP contribution >= 0.6 is 39.1 Å². The van der Waals surface area contributed by atoms with Crippen LogP contribution in [0, 0.1) is 0 Å². The molecule has 7 heteroatoms. The lowest BCUT2D eigenvalue weighted by molar-refractivity contribution is -0.116. The summed E-state index contributed by atoms with van der Waals surface area (Å²) in [5, 5.41) is 3.88. The molecule has 0 fully saturated rings. The number of carbonyl (C=O) groups excluding carboxylic acids is 1. The minimum atomic E-state index is -0.115. The molecule has 1 heterocycles. The monoisotopic (exact) mass is 438 g/mol. The van der Waals surface area contributed by atoms with Gasteiger partial charge in [-0.05, 0) is 46.3 Å². The van der Waals surface area contributed by atoms with Gasteiger partial charge in [-0.15, -0.1) is 0 Å². The molecule has 4 nitrogen and oxygen atoms in total. The van der Waals surface area contributed by atoms with Crippen LogP contribution in [0.1, 0.15) is 12.3 Å². The lowest BCUT2D eigenvalue weighted by atomic mass is 10.2. The van der Waals surface area contributed by atoms with E-state index in [-0.39, 0.29) is 12.3 Å². The molecule has 128 valence electrons. The van der Waals surface area contributed by atoms with Crippen LogP contribution in [0.25, 0.3) is 11.3 Å². The smallest absolute Gasteiger partial charge is 0.224 e. The molecule has 25 heavy (non-hydrogen) atoms. The molecule has 0 aliphatic carbocycles. The summed E-state index contributed by atoms with van der Waals surface area (Å²) in [4.78, 5) is 16.3. The Hall–Kier alpha value is -1.82. The molecule has 0 aliphatic heterocycles. The maximum Gasteiger partial charge on any atom is 0.224 e. The molecule has 0 aliphatic rings. The van der Waals surface area contributed by atoms with E-state index in [0.717, 1.165) is 10.2 Å². The molecule has 0 bridgehead atoms. The van der Waals surface area contributed by atoms with Crippen molar-refractivity contribution in [3.63, 3.8) is 0 Å². The number of hydrogen-bond acceptors (Lipinski definition) is 3. The first-order valence-corrected chi connectivity index (χ1v) is 9.02. The average molecular weight is 440 g/mol. The van der Waals surface area contributed by atoms with E-state index in [2.05, 4.69) is 26.2 Å². The number of rotatable bonds is 5. The number of anilines is 1. The molecule has 1 aromatic heterocycles. The fourth-order valence-electron chi connectivity index (χ4n) is 2.24. The Bertz CT molecular complexity index is 912. The number of aromatic nitrogens is 1. The van der Waals surface area contributed by atoms with E-state index in [1.165, 1.54) is 0 Å². The molecule has 0 radical (unpaired) electrons. The largest absolute Gasteiger partial charge is 0.441 e. The third-order valence-electron chi connectivity index (χ3n) is 3.46. The van der Waals surface area contributed by atoms with E-state index in [1.807, 2.05) is 24.3 Å². The molecular weight excluding hydrogens is 427 g/mol. The molecule has 0 atom stereocenters. The Kier molecular flexibility index (Phi) is 5.78. The van der Waals surface area contributed by atoms with Crippen molar-refractivity contribution in [3.8, 4) is 11.3 Å². The van der Waals surface area contributed by atoms with Crippen molar-refractivity contribution in [2.75, 3.05) is 5.32 Å². The fourth-order valence-corrected chi connectivity index (χ4v) is 3.12. The van der Waals surface area contributed by atoms with E-state index in [4.69, 9.17) is 27.6 Å². The Balaban J connectivity index is 1.62. The fraction of sp³-hybridized carbons (Fsp3) is 0.111. The summed E-state index contributed by atoms with van der Waals surface area (Å²) < 4.78 is 6.52. The Labute approximate surface area is 163 Å². The highest BCUT2D eigenvalue weighted by atomic mass is 79.9. The highest BCUT2D eigenvalue weighted by molar-refractivity contribution is 9.10. The number of amides is 1. The number of halogens is 3. The molecule has 1 amide bonds. The van der Waals surface area contributed by atoms with Gasteiger partial charge in [0.05, 0.1) is 16.9 Å². The van der Waals surface area contributed by atoms with E-state index >= 15 is 0 Å². The van der Waals surface area contributed by atoms with Gasteiger partial charge in [-0.1, -0.05) is 35.3 Å². The lowest BCUT2D eigenvalue weighted by Crippen LogP contribution is -2.12. The lowest BCUT2D eigenvalue weighted by Gasteiger charge is -2.06. The maximum absolute atomic E-state index is 12.1. The highest BCUT2D eigenvalue weighted by Gasteiger charge is 2.12. The standard InChI is InChI=1S/C18H13BrCl2N2O2/c19-13-3-1-2-4-15(13)23-17(24)7-8-18-22-10-16(25-18)12-6-5-11(20)9-14(12)21/h1-6,9-10H,7-8H2,(H,23,24). The van der Waals surface area contributed by atoms with Gasteiger partial charge in [0.1, 0.15) is 0 Å². The van der Waals surface area contributed by atoms with Crippen molar-refractivity contribution in [3.05, 3.63) is 69.1 Å². The van der Waals surface area contributed by atoms with Crippen molar-refractivity contribution < 1.29 is 9.21 Å². The summed E-state index contributed by atoms with van der Waals surface area (Å²) >= 11 is 15.5. The summed E-state index contributed by atoms with van der Waals surface area (Å²) in [6.45, 7) is 0. The molecule has 0 saturated heterocycles. The minimum Gasteiger partial charge on any atom is -0.441 e. The van der Waals surface area contributed by atoms with Crippen LogP contribution in [0.15, 0.2) is 57.6 Å². The zero-order valence-corrected chi connectivity index (χ0v) is 16.0. The topological polar surface area (TPSA) is 55.1 Å². The first-order chi connectivity index (χ1) is 12.0.